The zero-order chi connectivity index (χ0) is 16.1. The summed E-state index contributed by atoms with van der Waals surface area (Å²) in [6.07, 6.45) is 2.13. The lowest BCUT2D eigenvalue weighted by molar-refractivity contribution is 0.104. The van der Waals surface area contributed by atoms with Crippen LogP contribution in [0.4, 0.5) is 0 Å². The third kappa shape index (κ3) is 4.99. The summed E-state index contributed by atoms with van der Waals surface area (Å²) in [6.45, 7) is 3.30. The fourth-order valence-electron chi connectivity index (χ4n) is 2.33. The highest BCUT2D eigenvalue weighted by atomic mass is 79.9. The molecular formula is C19H20BrNO2. The molecule has 0 N–H and O–H groups in total. The lowest BCUT2D eigenvalue weighted by Gasteiger charge is -2.05. The molecule has 0 bridgehead atoms. The Bertz CT molecular complexity index is 642. The Kier molecular flexibility index (Phi) is 5.60. The smallest absolute Gasteiger partial charge is 0.121 e. The molecule has 1 heterocycles. The number of epoxide rings is 1. The number of benzene rings is 2. The second-order valence-electron chi connectivity index (χ2n) is 5.67. The number of rotatable bonds is 7. The Balaban J connectivity index is 1.38. The number of halogens is 1. The van der Waals surface area contributed by atoms with Gasteiger partial charge in [0.05, 0.1) is 19.3 Å². The van der Waals surface area contributed by atoms with Crippen LogP contribution in [0.15, 0.2) is 64.1 Å². The third-order valence-corrected chi connectivity index (χ3v) is 4.35. The first-order chi connectivity index (χ1) is 11.2. The molecule has 1 fully saturated rings. The molecule has 0 aliphatic carbocycles. The van der Waals surface area contributed by atoms with Gasteiger partial charge in [0.25, 0.3) is 0 Å². The minimum absolute atomic E-state index is 0.0890. The topological polar surface area (TPSA) is 34.1 Å². The van der Waals surface area contributed by atoms with Crippen molar-refractivity contribution in [3.63, 3.8) is 0 Å². The monoisotopic (exact) mass is 373 g/mol. The van der Waals surface area contributed by atoms with E-state index in [0.29, 0.717) is 13.2 Å². The van der Waals surface area contributed by atoms with Crippen molar-refractivity contribution in [2.75, 3.05) is 6.61 Å². The van der Waals surface area contributed by atoms with Gasteiger partial charge in [-0.25, -0.2) is 0 Å². The van der Waals surface area contributed by atoms with E-state index in [9.17, 15) is 0 Å². The van der Waals surface area contributed by atoms with Crippen LogP contribution in [0.3, 0.4) is 0 Å². The van der Waals surface area contributed by atoms with Gasteiger partial charge in [-0.3, -0.25) is 4.99 Å². The van der Waals surface area contributed by atoms with Gasteiger partial charge in [0.15, 0.2) is 0 Å². The summed E-state index contributed by atoms with van der Waals surface area (Å²) in [6, 6.07) is 18.6. The van der Waals surface area contributed by atoms with E-state index in [1.807, 2.05) is 36.5 Å². The molecule has 1 aliphatic heterocycles. The molecule has 0 unspecified atom stereocenters. The van der Waals surface area contributed by atoms with Crippen molar-refractivity contribution in [2.24, 2.45) is 4.99 Å². The molecule has 120 valence electrons. The molecule has 3 atom stereocenters. The van der Waals surface area contributed by atoms with E-state index in [4.69, 9.17) is 9.47 Å². The molecule has 3 nitrogen and oxygen atoms in total. The Morgan fingerprint density at radius 1 is 1.17 bits per heavy atom. The van der Waals surface area contributed by atoms with Gasteiger partial charge in [0, 0.05) is 10.7 Å². The van der Waals surface area contributed by atoms with Gasteiger partial charge in [0.2, 0.25) is 0 Å². The Morgan fingerprint density at radius 2 is 1.91 bits per heavy atom. The maximum Gasteiger partial charge on any atom is 0.121 e. The largest absolute Gasteiger partial charge is 0.374 e. The molecule has 1 saturated heterocycles. The fourth-order valence-corrected chi connectivity index (χ4v) is 2.59. The first-order valence-corrected chi connectivity index (χ1v) is 8.57. The minimum atomic E-state index is 0.0890. The van der Waals surface area contributed by atoms with Crippen molar-refractivity contribution in [2.45, 2.75) is 31.8 Å². The molecule has 0 amide bonds. The summed E-state index contributed by atoms with van der Waals surface area (Å²) in [4.78, 5) is 4.57. The van der Waals surface area contributed by atoms with E-state index >= 15 is 0 Å². The number of nitrogens with zero attached hydrogens (tertiary/aromatic N) is 1. The summed E-state index contributed by atoms with van der Waals surface area (Å²) in [5, 5.41) is 0. The van der Waals surface area contributed by atoms with Gasteiger partial charge in [-0.05, 0) is 30.2 Å². The van der Waals surface area contributed by atoms with Gasteiger partial charge in [-0.2, -0.15) is 0 Å². The number of hydrogen-bond acceptors (Lipinski definition) is 3. The van der Waals surface area contributed by atoms with Crippen LogP contribution in [-0.4, -0.2) is 25.0 Å². The Labute approximate surface area is 145 Å². The van der Waals surface area contributed by atoms with Crippen LogP contribution >= 0.6 is 15.9 Å². The molecule has 2 aromatic rings. The first kappa shape index (κ1) is 16.4. The van der Waals surface area contributed by atoms with Gasteiger partial charge in [-0.1, -0.05) is 58.4 Å². The minimum Gasteiger partial charge on any atom is -0.374 e. The van der Waals surface area contributed by atoms with Gasteiger partial charge in [0.1, 0.15) is 12.2 Å². The second kappa shape index (κ2) is 7.86. The van der Waals surface area contributed by atoms with Crippen molar-refractivity contribution in [3.05, 3.63) is 70.2 Å². The van der Waals surface area contributed by atoms with Crippen LogP contribution in [0.25, 0.3) is 0 Å². The summed E-state index contributed by atoms with van der Waals surface area (Å²) in [5.41, 5.74) is 2.38. The predicted molar refractivity (Wildman–Crippen MR) is 95.8 cm³/mol. The van der Waals surface area contributed by atoms with E-state index in [2.05, 4.69) is 52.1 Å². The van der Waals surface area contributed by atoms with Crippen molar-refractivity contribution >= 4 is 22.1 Å². The van der Waals surface area contributed by atoms with Crippen LogP contribution in [-0.2, 0) is 16.1 Å². The number of hydrogen-bond donors (Lipinski definition) is 0. The molecule has 23 heavy (non-hydrogen) atoms. The Morgan fingerprint density at radius 3 is 2.65 bits per heavy atom. The van der Waals surface area contributed by atoms with E-state index in [-0.39, 0.29) is 18.2 Å². The first-order valence-electron chi connectivity index (χ1n) is 7.78. The summed E-state index contributed by atoms with van der Waals surface area (Å²) in [7, 11) is 0. The summed E-state index contributed by atoms with van der Waals surface area (Å²) < 4.78 is 12.4. The lowest BCUT2D eigenvalue weighted by Crippen LogP contribution is -2.06. The predicted octanol–water partition coefficient (Wildman–Crippen LogP) is 4.57. The zero-order valence-corrected chi connectivity index (χ0v) is 14.6. The molecule has 3 rings (SSSR count). The van der Waals surface area contributed by atoms with Crippen molar-refractivity contribution in [3.8, 4) is 0 Å². The van der Waals surface area contributed by atoms with Crippen LogP contribution < -0.4 is 0 Å². The van der Waals surface area contributed by atoms with Crippen LogP contribution in [0.2, 0.25) is 0 Å². The quantitative estimate of drug-likeness (QED) is 0.526. The van der Waals surface area contributed by atoms with E-state index in [1.165, 1.54) is 5.56 Å². The molecule has 0 spiro atoms. The van der Waals surface area contributed by atoms with Gasteiger partial charge < -0.3 is 9.47 Å². The zero-order valence-electron chi connectivity index (χ0n) is 13.1. The SMILES string of the molecule is C[C@H](N=C[C@H]1O[C@H]1COCc1ccc(Br)cc1)c1ccccc1. The average Bonchev–Trinajstić information content (AvgIpc) is 3.34. The van der Waals surface area contributed by atoms with E-state index < -0.39 is 0 Å². The fraction of sp³-hybridized carbons (Fsp3) is 0.316. The molecule has 1 aliphatic rings. The van der Waals surface area contributed by atoms with Crippen molar-refractivity contribution in [1.29, 1.82) is 0 Å². The van der Waals surface area contributed by atoms with Crippen LogP contribution in [0.5, 0.6) is 0 Å². The maximum absolute atomic E-state index is 5.70. The number of ether oxygens (including phenoxy) is 2. The maximum atomic E-state index is 5.70. The van der Waals surface area contributed by atoms with Crippen LogP contribution in [0.1, 0.15) is 24.1 Å². The number of aliphatic imine (C=N–C) groups is 1. The van der Waals surface area contributed by atoms with Gasteiger partial charge in [-0.15, -0.1) is 0 Å². The van der Waals surface area contributed by atoms with Gasteiger partial charge >= 0.3 is 0 Å². The van der Waals surface area contributed by atoms with Crippen molar-refractivity contribution < 1.29 is 9.47 Å². The average molecular weight is 374 g/mol. The lowest BCUT2D eigenvalue weighted by atomic mass is 10.1. The van der Waals surface area contributed by atoms with E-state index in [1.54, 1.807) is 0 Å². The van der Waals surface area contributed by atoms with E-state index in [0.717, 1.165) is 10.0 Å². The van der Waals surface area contributed by atoms with Crippen molar-refractivity contribution in [1.82, 2.24) is 0 Å². The third-order valence-electron chi connectivity index (χ3n) is 3.82. The standard InChI is InChI=1S/C19H20BrNO2/c1-14(16-5-3-2-4-6-16)21-11-18-19(23-18)13-22-12-15-7-9-17(20)10-8-15/h2-11,14,18-19H,12-13H2,1H3/t14-,18+,19-/m0/s1. The summed E-state index contributed by atoms with van der Waals surface area (Å²) >= 11 is 3.43. The molecule has 0 aromatic heterocycles. The summed E-state index contributed by atoms with van der Waals surface area (Å²) in [5.74, 6) is 0. The van der Waals surface area contributed by atoms with Crippen LogP contribution in [0, 0.1) is 0 Å². The molecular weight excluding hydrogens is 354 g/mol. The Hall–Kier alpha value is -1.49. The molecule has 0 saturated carbocycles. The molecule has 0 radical (unpaired) electrons. The normalized spacial score (nSPS) is 21.5. The second-order valence-corrected chi connectivity index (χ2v) is 6.58. The molecule has 4 heteroatoms. The highest BCUT2D eigenvalue weighted by Crippen LogP contribution is 2.23. The highest BCUT2D eigenvalue weighted by Gasteiger charge is 2.37. The molecule has 2 aromatic carbocycles. The highest BCUT2D eigenvalue weighted by molar-refractivity contribution is 9.10.